The van der Waals surface area contributed by atoms with Crippen molar-refractivity contribution in [3.05, 3.63) is 47.3 Å². The summed E-state index contributed by atoms with van der Waals surface area (Å²) < 4.78 is 0. The number of nitrogens with two attached hydrogens (primary N) is 1. The minimum absolute atomic E-state index is 0.176. The SMILES string of the molecule is Cc1ccc(C(=O)NCCNC(=O)c2[nH]ncc2N)cc1. The molecule has 2 rings (SSSR count). The number of aryl methyl sites for hydroxylation is 1. The lowest BCUT2D eigenvalue weighted by Gasteiger charge is -2.07. The zero-order valence-corrected chi connectivity index (χ0v) is 11.6. The van der Waals surface area contributed by atoms with Crippen LogP contribution in [0.25, 0.3) is 0 Å². The van der Waals surface area contributed by atoms with Crippen LogP contribution in [-0.4, -0.2) is 35.1 Å². The van der Waals surface area contributed by atoms with Crippen molar-refractivity contribution in [2.45, 2.75) is 6.92 Å². The lowest BCUT2D eigenvalue weighted by atomic mass is 10.1. The predicted molar refractivity (Wildman–Crippen MR) is 78.8 cm³/mol. The molecule has 0 unspecified atom stereocenters. The molecule has 0 spiro atoms. The standard InChI is InChI=1S/C14H17N5O2/c1-9-2-4-10(5-3-9)13(20)16-6-7-17-14(21)12-11(15)8-18-19-12/h2-5,8H,6-7,15H2,1H3,(H,16,20)(H,17,21)(H,18,19). The molecule has 21 heavy (non-hydrogen) atoms. The van der Waals surface area contributed by atoms with E-state index in [9.17, 15) is 9.59 Å². The first-order chi connectivity index (χ1) is 10.1. The van der Waals surface area contributed by atoms with Gasteiger partial charge < -0.3 is 16.4 Å². The topological polar surface area (TPSA) is 113 Å². The number of benzene rings is 1. The predicted octanol–water partition coefficient (Wildman–Crippen LogP) is 0.460. The summed E-state index contributed by atoms with van der Waals surface area (Å²) in [5.74, 6) is -0.528. The number of hydrogen-bond acceptors (Lipinski definition) is 4. The lowest BCUT2D eigenvalue weighted by Crippen LogP contribution is -2.35. The number of anilines is 1. The van der Waals surface area contributed by atoms with Crippen LogP contribution in [0.1, 0.15) is 26.4 Å². The molecule has 2 amide bonds. The molecule has 0 aliphatic carbocycles. The van der Waals surface area contributed by atoms with Crippen molar-refractivity contribution in [3.8, 4) is 0 Å². The maximum absolute atomic E-state index is 11.8. The summed E-state index contributed by atoms with van der Waals surface area (Å²) in [6, 6.07) is 7.26. The quantitative estimate of drug-likeness (QED) is 0.598. The van der Waals surface area contributed by atoms with Gasteiger partial charge in [-0.25, -0.2) is 0 Å². The van der Waals surface area contributed by atoms with E-state index in [2.05, 4.69) is 20.8 Å². The van der Waals surface area contributed by atoms with Crippen molar-refractivity contribution in [3.63, 3.8) is 0 Å². The molecule has 0 saturated carbocycles. The van der Waals surface area contributed by atoms with Gasteiger partial charge in [0.05, 0.1) is 11.9 Å². The van der Waals surface area contributed by atoms with Crippen LogP contribution in [0.2, 0.25) is 0 Å². The van der Waals surface area contributed by atoms with E-state index in [1.165, 1.54) is 6.20 Å². The van der Waals surface area contributed by atoms with Gasteiger partial charge in [0.2, 0.25) is 0 Å². The van der Waals surface area contributed by atoms with Crippen molar-refractivity contribution in [2.75, 3.05) is 18.8 Å². The summed E-state index contributed by atoms with van der Waals surface area (Å²) in [5, 5.41) is 11.5. The average Bonchev–Trinajstić information content (AvgIpc) is 2.90. The van der Waals surface area contributed by atoms with Gasteiger partial charge in [-0.1, -0.05) is 17.7 Å². The number of nitrogens with one attached hydrogen (secondary N) is 3. The van der Waals surface area contributed by atoms with E-state index in [1.807, 2.05) is 19.1 Å². The third kappa shape index (κ3) is 3.82. The van der Waals surface area contributed by atoms with Gasteiger partial charge in [-0.2, -0.15) is 5.10 Å². The van der Waals surface area contributed by atoms with Crippen molar-refractivity contribution >= 4 is 17.5 Å². The van der Waals surface area contributed by atoms with E-state index in [1.54, 1.807) is 12.1 Å². The Morgan fingerprint density at radius 1 is 1.14 bits per heavy atom. The monoisotopic (exact) mass is 287 g/mol. The Bertz CT molecular complexity index is 633. The van der Waals surface area contributed by atoms with Crippen LogP contribution in [0.15, 0.2) is 30.5 Å². The number of nitrogens with zero attached hydrogens (tertiary/aromatic N) is 1. The summed E-state index contributed by atoms with van der Waals surface area (Å²) in [6.07, 6.45) is 1.37. The van der Waals surface area contributed by atoms with Crippen molar-refractivity contribution in [1.82, 2.24) is 20.8 Å². The van der Waals surface area contributed by atoms with Crippen LogP contribution in [0.3, 0.4) is 0 Å². The smallest absolute Gasteiger partial charge is 0.271 e. The summed E-state index contributed by atoms with van der Waals surface area (Å²) in [4.78, 5) is 23.5. The Morgan fingerprint density at radius 3 is 2.33 bits per heavy atom. The minimum Gasteiger partial charge on any atom is -0.396 e. The normalized spacial score (nSPS) is 10.1. The maximum atomic E-state index is 11.8. The minimum atomic E-state index is -0.352. The Labute approximate surface area is 121 Å². The third-order valence-corrected chi connectivity index (χ3v) is 2.91. The van der Waals surface area contributed by atoms with E-state index in [0.29, 0.717) is 18.7 Å². The molecular weight excluding hydrogens is 270 g/mol. The summed E-state index contributed by atoms with van der Waals surface area (Å²) in [5.41, 5.74) is 7.75. The van der Waals surface area contributed by atoms with Crippen molar-refractivity contribution in [1.29, 1.82) is 0 Å². The fourth-order valence-corrected chi connectivity index (χ4v) is 1.72. The highest BCUT2D eigenvalue weighted by molar-refractivity contribution is 5.97. The number of nitrogen functional groups attached to an aromatic ring is 1. The second-order valence-electron chi connectivity index (χ2n) is 4.58. The average molecular weight is 287 g/mol. The number of carbonyl (C=O) groups is 2. The zero-order valence-electron chi connectivity index (χ0n) is 11.6. The molecule has 0 aliphatic heterocycles. The fraction of sp³-hybridized carbons (Fsp3) is 0.214. The van der Waals surface area contributed by atoms with Crippen LogP contribution < -0.4 is 16.4 Å². The molecule has 1 aromatic heterocycles. The Morgan fingerprint density at radius 2 is 1.76 bits per heavy atom. The van der Waals surface area contributed by atoms with Gasteiger partial charge >= 0.3 is 0 Å². The van der Waals surface area contributed by atoms with E-state index < -0.39 is 0 Å². The van der Waals surface area contributed by atoms with Gasteiger partial charge in [-0.15, -0.1) is 0 Å². The number of carbonyl (C=O) groups excluding carboxylic acids is 2. The molecule has 7 heteroatoms. The molecule has 2 aromatic rings. The lowest BCUT2D eigenvalue weighted by molar-refractivity contribution is 0.0925. The van der Waals surface area contributed by atoms with Crippen LogP contribution in [0.5, 0.6) is 0 Å². The largest absolute Gasteiger partial charge is 0.396 e. The molecule has 5 N–H and O–H groups in total. The van der Waals surface area contributed by atoms with E-state index in [0.717, 1.165) is 5.56 Å². The molecule has 7 nitrogen and oxygen atoms in total. The van der Waals surface area contributed by atoms with Gasteiger partial charge in [-0.05, 0) is 19.1 Å². The number of aromatic amines is 1. The Hall–Kier alpha value is -2.83. The molecule has 0 atom stereocenters. The molecule has 1 aromatic carbocycles. The molecular formula is C14H17N5O2. The van der Waals surface area contributed by atoms with Crippen LogP contribution in [0, 0.1) is 6.92 Å². The number of amides is 2. The van der Waals surface area contributed by atoms with Gasteiger partial charge in [0, 0.05) is 18.7 Å². The second-order valence-corrected chi connectivity index (χ2v) is 4.58. The maximum Gasteiger partial charge on any atom is 0.271 e. The van der Waals surface area contributed by atoms with E-state index in [4.69, 9.17) is 5.73 Å². The zero-order chi connectivity index (χ0) is 15.2. The first-order valence-corrected chi connectivity index (χ1v) is 6.50. The number of hydrogen-bond donors (Lipinski definition) is 4. The first-order valence-electron chi connectivity index (χ1n) is 6.50. The molecule has 0 radical (unpaired) electrons. The summed E-state index contributed by atoms with van der Waals surface area (Å²) in [7, 11) is 0. The van der Waals surface area contributed by atoms with Gasteiger partial charge in [-0.3, -0.25) is 14.7 Å². The van der Waals surface area contributed by atoms with Crippen LogP contribution >= 0.6 is 0 Å². The molecule has 0 fully saturated rings. The molecule has 1 heterocycles. The molecule has 0 aliphatic rings. The van der Waals surface area contributed by atoms with Gasteiger partial charge in [0.15, 0.2) is 0 Å². The Kier molecular flexibility index (Phi) is 4.55. The number of aromatic nitrogens is 2. The molecule has 110 valence electrons. The highest BCUT2D eigenvalue weighted by atomic mass is 16.2. The Balaban J connectivity index is 1.75. The van der Waals surface area contributed by atoms with E-state index in [-0.39, 0.29) is 23.2 Å². The fourth-order valence-electron chi connectivity index (χ4n) is 1.72. The first kappa shape index (κ1) is 14.6. The van der Waals surface area contributed by atoms with Crippen molar-refractivity contribution < 1.29 is 9.59 Å². The summed E-state index contributed by atoms with van der Waals surface area (Å²) >= 11 is 0. The summed E-state index contributed by atoms with van der Waals surface area (Å²) in [6.45, 7) is 2.58. The highest BCUT2D eigenvalue weighted by Crippen LogP contribution is 2.05. The number of rotatable bonds is 5. The molecule has 0 saturated heterocycles. The highest BCUT2D eigenvalue weighted by Gasteiger charge is 2.11. The second kappa shape index (κ2) is 6.56. The molecule has 0 bridgehead atoms. The van der Waals surface area contributed by atoms with Crippen LogP contribution in [0.4, 0.5) is 5.69 Å². The van der Waals surface area contributed by atoms with Crippen molar-refractivity contribution in [2.24, 2.45) is 0 Å². The van der Waals surface area contributed by atoms with Gasteiger partial charge in [0.1, 0.15) is 5.69 Å². The number of H-pyrrole nitrogens is 1. The van der Waals surface area contributed by atoms with E-state index >= 15 is 0 Å². The van der Waals surface area contributed by atoms with Crippen LogP contribution in [-0.2, 0) is 0 Å². The van der Waals surface area contributed by atoms with Gasteiger partial charge in [0.25, 0.3) is 11.8 Å². The third-order valence-electron chi connectivity index (χ3n) is 2.91.